The van der Waals surface area contributed by atoms with Crippen molar-refractivity contribution < 1.29 is 5.11 Å². The highest BCUT2D eigenvalue weighted by atomic mass is 16.3. The summed E-state index contributed by atoms with van der Waals surface area (Å²) in [7, 11) is 0. The zero-order valence-electron chi connectivity index (χ0n) is 15.4. The third-order valence-corrected chi connectivity index (χ3v) is 4.45. The largest absolute Gasteiger partial charge is 0.503 e. The quantitative estimate of drug-likeness (QED) is 0.148. The fraction of sp³-hybridized carbons (Fsp3) is 0. The van der Waals surface area contributed by atoms with Crippen LogP contribution < -0.4 is 11.3 Å². The Hall–Kier alpha value is -4.67. The van der Waals surface area contributed by atoms with Gasteiger partial charge in [-0.25, -0.2) is 0 Å². The highest BCUT2D eigenvalue weighted by Gasteiger charge is 2.13. The number of nitrogens with two attached hydrogens (primary N) is 1. The van der Waals surface area contributed by atoms with Crippen LogP contribution in [0.4, 0.5) is 0 Å². The number of aromatic amines is 2. The SMILES string of the molecule is N=NN=C(N)c1ccc(-c2cc(O)c(=O)[nH]c2-c2ccc(-c3nn[nH]n3)cc2)cc1. The molecule has 0 bridgehead atoms. The van der Waals surface area contributed by atoms with E-state index in [9.17, 15) is 9.90 Å². The van der Waals surface area contributed by atoms with E-state index in [2.05, 4.69) is 35.9 Å². The average molecular weight is 401 g/mol. The van der Waals surface area contributed by atoms with Gasteiger partial charge in [-0.3, -0.25) is 4.79 Å². The molecule has 0 radical (unpaired) electrons. The van der Waals surface area contributed by atoms with E-state index >= 15 is 0 Å². The van der Waals surface area contributed by atoms with E-state index in [0.717, 1.165) is 16.7 Å². The molecule has 0 aliphatic rings. The summed E-state index contributed by atoms with van der Waals surface area (Å²) in [4.78, 5) is 14.8. The predicted octanol–water partition coefficient (Wildman–Crippen LogP) is 2.25. The lowest BCUT2D eigenvalue weighted by molar-refractivity contribution is 0.467. The molecule has 2 heterocycles. The van der Waals surface area contributed by atoms with Crippen LogP contribution in [-0.4, -0.2) is 36.6 Å². The summed E-state index contributed by atoms with van der Waals surface area (Å²) < 4.78 is 0. The maximum absolute atomic E-state index is 12.1. The van der Waals surface area contributed by atoms with Gasteiger partial charge < -0.3 is 15.8 Å². The summed E-state index contributed by atoms with van der Waals surface area (Å²) in [5.74, 6) is 0.170. The van der Waals surface area contributed by atoms with Crippen molar-refractivity contribution in [1.29, 1.82) is 5.53 Å². The standard InChI is InChI=1S/C19H15N9O2/c20-17(23-26-21)12-5-1-10(2-6-12)14-9-15(29)19(30)22-16(14)11-3-7-13(8-4-11)18-24-27-28-25-18/h1-9,29H,(H,22,30)(H3,20,21,23)(H,24,25,27,28). The molecule has 0 aliphatic heterocycles. The van der Waals surface area contributed by atoms with Crippen molar-refractivity contribution in [2.24, 2.45) is 16.1 Å². The minimum absolute atomic E-state index is 0.109. The first-order valence-electron chi connectivity index (χ1n) is 8.68. The minimum Gasteiger partial charge on any atom is -0.503 e. The van der Waals surface area contributed by atoms with Crippen LogP contribution in [0.15, 0.2) is 69.7 Å². The van der Waals surface area contributed by atoms with Crippen molar-refractivity contribution in [2.75, 3.05) is 0 Å². The zero-order valence-corrected chi connectivity index (χ0v) is 15.4. The number of amidine groups is 1. The molecule has 0 amide bonds. The third kappa shape index (κ3) is 3.54. The number of nitrogens with zero attached hydrogens (tertiary/aromatic N) is 5. The summed E-state index contributed by atoms with van der Waals surface area (Å²) >= 11 is 0. The van der Waals surface area contributed by atoms with Crippen molar-refractivity contribution in [2.45, 2.75) is 0 Å². The molecule has 11 heteroatoms. The van der Waals surface area contributed by atoms with E-state index in [4.69, 9.17) is 11.3 Å². The predicted molar refractivity (Wildman–Crippen MR) is 109 cm³/mol. The Morgan fingerprint density at radius 1 is 1.03 bits per heavy atom. The first-order chi connectivity index (χ1) is 14.6. The van der Waals surface area contributed by atoms with Gasteiger partial charge in [-0.15, -0.1) is 15.3 Å². The van der Waals surface area contributed by atoms with Gasteiger partial charge in [0.05, 0.1) is 5.69 Å². The Labute approximate surface area is 168 Å². The molecule has 0 fully saturated rings. The van der Waals surface area contributed by atoms with Crippen LogP contribution in [0, 0.1) is 5.53 Å². The Bertz CT molecular complexity index is 1280. The van der Waals surface area contributed by atoms with E-state index in [1.165, 1.54) is 6.07 Å². The van der Waals surface area contributed by atoms with Crippen molar-refractivity contribution in [3.8, 4) is 39.5 Å². The maximum Gasteiger partial charge on any atom is 0.290 e. The van der Waals surface area contributed by atoms with Crippen LogP contribution in [0.3, 0.4) is 0 Å². The number of rotatable bonds is 5. The van der Waals surface area contributed by atoms with E-state index in [-0.39, 0.29) is 5.84 Å². The number of H-pyrrole nitrogens is 2. The van der Waals surface area contributed by atoms with Gasteiger partial charge in [0.1, 0.15) is 0 Å². The number of hydrogen-bond acceptors (Lipinski definition) is 7. The first-order valence-corrected chi connectivity index (χ1v) is 8.68. The number of benzene rings is 2. The number of nitrogens with one attached hydrogen (secondary N) is 3. The second kappa shape index (κ2) is 7.75. The first kappa shape index (κ1) is 18.7. The van der Waals surface area contributed by atoms with E-state index in [0.29, 0.717) is 22.6 Å². The van der Waals surface area contributed by atoms with E-state index < -0.39 is 11.3 Å². The molecule has 11 nitrogen and oxygen atoms in total. The molecule has 2 aromatic heterocycles. The highest BCUT2D eigenvalue weighted by Crippen LogP contribution is 2.32. The topological polar surface area (TPSA) is 182 Å². The maximum atomic E-state index is 12.1. The second-order valence-corrected chi connectivity index (χ2v) is 6.25. The van der Waals surface area contributed by atoms with Crippen LogP contribution in [0.2, 0.25) is 0 Å². The van der Waals surface area contributed by atoms with Crippen LogP contribution in [0.1, 0.15) is 5.56 Å². The van der Waals surface area contributed by atoms with Crippen molar-refractivity contribution in [1.82, 2.24) is 25.6 Å². The zero-order chi connectivity index (χ0) is 21.1. The van der Waals surface area contributed by atoms with Crippen molar-refractivity contribution in [3.63, 3.8) is 0 Å². The van der Waals surface area contributed by atoms with Crippen LogP contribution in [0.5, 0.6) is 5.75 Å². The number of tetrazole rings is 1. The Morgan fingerprint density at radius 2 is 1.70 bits per heavy atom. The minimum atomic E-state index is -0.596. The molecular weight excluding hydrogens is 386 g/mol. The lowest BCUT2D eigenvalue weighted by Gasteiger charge is -2.11. The number of hydrogen-bond donors (Lipinski definition) is 5. The molecule has 148 valence electrons. The summed E-state index contributed by atoms with van der Waals surface area (Å²) in [6.45, 7) is 0. The Morgan fingerprint density at radius 3 is 2.33 bits per heavy atom. The Balaban J connectivity index is 1.78. The molecule has 0 unspecified atom stereocenters. The summed E-state index contributed by atoms with van der Waals surface area (Å²) in [6.07, 6.45) is 0. The summed E-state index contributed by atoms with van der Waals surface area (Å²) in [6, 6.07) is 15.6. The molecule has 0 spiro atoms. The number of aromatic nitrogens is 5. The molecule has 0 saturated heterocycles. The van der Waals surface area contributed by atoms with E-state index in [1.807, 2.05) is 12.1 Å². The number of pyridine rings is 1. The van der Waals surface area contributed by atoms with Gasteiger partial charge in [-0.2, -0.15) is 10.7 Å². The van der Waals surface area contributed by atoms with E-state index in [1.54, 1.807) is 36.4 Å². The van der Waals surface area contributed by atoms with Crippen LogP contribution in [-0.2, 0) is 0 Å². The lowest BCUT2D eigenvalue weighted by atomic mass is 9.97. The van der Waals surface area contributed by atoms with Gasteiger partial charge >= 0.3 is 0 Å². The smallest absolute Gasteiger partial charge is 0.290 e. The molecule has 0 atom stereocenters. The fourth-order valence-corrected chi connectivity index (χ4v) is 2.98. The van der Waals surface area contributed by atoms with Crippen molar-refractivity contribution in [3.05, 3.63) is 70.5 Å². The molecule has 4 aromatic rings. The monoisotopic (exact) mass is 401 g/mol. The Kier molecular flexibility index (Phi) is 4.83. The van der Waals surface area contributed by atoms with Gasteiger partial charge in [0.2, 0.25) is 5.82 Å². The number of aromatic hydroxyl groups is 1. The fourth-order valence-electron chi connectivity index (χ4n) is 2.98. The molecule has 6 N–H and O–H groups in total. The van der Waals surface area contributed by atoms with Gasteiger partial charge in [0.25, 0.3) is 5.56 Å². The van der Waals surface area contributed by atoms with Gasteiger partial charge in [0, 0.05) is 16.7 Å². The van der Waals surface area contributed by atoms with Crippen molar-refractivity contribution >= 4 is 5.84 Å². The summed E-state index contributed by atoms with van der Waals surface area (Å²) in [5, 5.41) is 30.2. The van der Waals surface area contributed by atoms with Gasteiger partial charge in [0.15, 0.2) is 11.6 Å². The molecular formula is C19H15N9O2. The molecule has 4 rings (SSSR count). The average Bonchev–Trinajstić information content (AvgIpc) is 3.31. The second-order valence-electron chi connectivity index (χ2n) is 6.25. The van der Waals surface area contributed by atoms with Gasteiger partial charge in [-0.1, -0.05) is 53.8 Å². The van der Waals surface area contributed by atoms with Crippen LogP contribution in [0.25, 0.3) is 33.8 Å². The molecule has 30 heavy (non-hydrogen) atoms. The highest BCUT2D eigenvalue weighted by molar-refractivity contribution is 5.98. The summed E-state index contributed by atoms with van der Waals surface area (Å²) in [5.41, 5.74) is 15.9. The normalized spacial score (nSPS) is 11.4. The van der Waals surface area contributed by atoms with Gasteiger partial charge in [-0.05, 0) is 22.4 Å². The lowest BCUT2D eigenvalue weighted by Crippen LogP contribution is -2.12. The third-order valence-electron chi connectivity index (χ3n) is 4.45. The molecule has 0 saturated carbocycles. The molecule has 2 aromatic carbocycles. The molecule has 0 aliphatic carbocycles. The van der Waals surface area contributed by atoms with Crippen LogP contribution >= 0.6 is 0 Å².